The van der Waals surface area contributed by atoms with E-state index in [4.69, 9.17) is 5.73 Å². The molecule has 0 radical (unpaired) electrons. The van der Waals surface area contributed by atoms with E-state index in [0.717, 1.165) is 19.3 Å². The first-order valence-corrected chi connectivity index (χ1v) is 5.02. The van der Waals surface area contributed by atoms with Crippen LogP contribution in [0.3, 0.4) is 0 Å². The van der Waals surface area contributed by atoms with E-state index in [1.807, 2.05) is 6.20 Å². The number of pyridine rings is 1. The van der Waals surface area contributed by atoms with Gasteiger partial charge in [-0.15, -0.1) is 0 Å². The Bertz CT molecular complexity index is 307. The van der Waals surface area contributed by atoms with Crippen molar-refractivity contribution in [1.29, 1.82) is 0 Å². The van der Waals surface area contributed by atoms with E-state index in [-0.39, 0.29) is 0 Å². The molecule has 1 heterocycles. The van der Waals surface area contributed by atoms with Crippen LogP contribution in [0.4, 0.5) is 0 Å². The van der Waals surface area contributed by atoms with E-state index in [0.29, 0.717) is 6.04 Å². The van der Waals surface area contributed by atoms with Crippen molar-refractivity contribution in [2.24, 2.45) is 5.73 Å². The van der Waals surface area contributed by atoms with Crippen LogP contribution in [0.25, 0.3) is 0 Å². The third-order valence-corrected chi connectivity index (χ3v) is 2.59. The molecule has 0 spiro atoms. The van der Waals surface area contributed by atoms with Gasteiger partial charge in [-0.2, -0.15) is 0 Å². The molecule has 0 saturated carbocycles. The van der Waals surface area contributed by atoms with Gasteiger partial charge in [-0.25, -0.2) is 0 Å². The highest BCUT2D eigenvalue weighted by Crippen LogP contribution is 2.20. The smallest absolute Gasteiger partial charge is 0.0451 e. The van der Waals surface area contributed by atoms with Crippen molar-refractivity contribution in [1.82, 2.24) is 4.98 Å². The van der Waals surface area contributed by atoms with Gasteiger partial charge in [-0.3, -0.25) is 4.98 Å². The summed E-state index contributed by atoms with van der Waals surface area (Å²) in [5, 5.41) is 0. The van der Waals surface area contributed by atoms with Crippen LogP contribution in [0.1, 0.15) is 30.2 Å². The molecular weight excluding hydrogens is 160 g/mol. The molecule has 1 aliphatic carbocycles. The van der Waals surface area contributed by atoms with E-state index in [1.165, 1.54) is 23.2 Å². The molecule has 1 atom stereocenters. The van der Waals surface area contributed by atoms with Gasteiger partial charge in [0, 0.05) is 24.4 Å². The van der Waals surface area contributed by atoms with Gasteiger partial charge in [0.25, 0.3) is 0 Å². The average Bonchev–Trinajstić information content (AvgIpc) is 2.44. The largest absolute Gasteiger partial charge is 0.327 e. The summed E-state index contributed by atoms with van der Waals surface area (Å²) in [6, 6.07) is 2.58. The minimum absolute atomic E-state index is 0.305. The Morgan fingerprint density at radius 2 is 2.38 bits per heavy atom. The summed E-state index contributed by atoms with van der Waals surface area (Å²) in [7, 11) is 0. The second-order valence-electron chi connectivity index (χ2n) is 3.87. The molecule has 1 unspecified atom stereocenters. The predicted octanol–water partition coefficient (Wildman–Crippen LogP) is 1.46. The van der Waals surface area contributed by atoms with Crippen molar-refractivity contribution in [2.75, 3.05) is 0 Å². The number of aromatic nitrogens is 1. The zero-order valence-corrected chi connectivity index (χ0v) is 8.09. The van der Waals surface area contributed by atoms with Gasteiger partial charge in [0.15, 0.2) is 0 Å². The highest BCUT2D eigenvalue weighted by molar-refractivity contribution is 5.31. The first-order valence-electron chi connectivity index (χ1n) is 5.02. The van der Waals surface area contributed by atoms with Crippen molar-refractivity contribution in [3.05, 3.63) is 29.1 Å². The maximum Gasteiger partial charge on any atom is 0.0451 e. The molecule has 2 rings (SSSR count). The SMILES string of the molecule is CCCc1cnc2c(c1)CC(N)C2. The lowest BCUT2D eigenvalue weighted by atomic mass is 10.1. The zero-order chi connectivity index (χ0) is 9.26. The molecule has 0 saturated heterocycles. The fourth-order valence-electron chi connectivity index (χ4n) is 1.98. The second kappa shape index (κ2) is 3.46. The Hall–Kier alpha value is -0.890. The molecule has 1 aliphatic rings. The van der Waals surface area contributed by atoms with Crippen LogP contribution in [-0.2, 0) is 19.3 Å². The van der Waals surface area contributed by atoms with E-state index >= 15 is 0 Å². The molecule has 0 aromatic carbocycles. The van der Waals surface area contributed by atoms with Crippen LogP contribution in [0.15, 0.2) is 12.3 Å². The number of hydrogen-bond acceptors (Lipinski definition) is 2. The fraction of sp³-hybridized carbons (Fsp3) is 0.545. The lowest BCUT2D eigenvalue weighted by Gasteiger charge is -2.01. The van der Waals surface area contributed by atoms with Crippen LogP contribution >= 0.6 is 0 Å². The van der Waals surface area contributed by atoms with Gasteiger partial charge in [0.2, 0.25) is 0 Å². The number of hydrogen-bond donors (Lipinski definition) is 1. The predicted molar refractivity (Wildman–Crippen MR) is 53.6 cm³/mol. The van der Waals surface area contributed by atoms with E-state index in [9.17, 15) is 0 Å². The van der Waals surface area contributed by atoms with Gasteiger partial charge >= 0.3 is 0 Å². The lowest BCUT2D eigenvalue weighted by Crippen LogP contribution is -2.19. The highest BCUT2D eigenvalue weighted by Gasteiger charge is 2.19. The second-order valence-corrected chi connectivity index (χ2v) is 3.87. The molecule has 2 nitrogen and oxygen atoms in total. The van der Waals surface area contributed by atoms with Gasteiger partial charge in [0.05, 0.1) is 0 Å². The van der Waals surface area contributed by atoms with Gasteiger partial charge in [-0.05, 0) is 24.0 Å². The van der Waals surface area contributed by atoms with Gasteiger partial charge < -0.3 is 5.73 Å². The van der Waals surface area contributed by atoms with Crippen LogP contribution < -0.4 is 5.73 Å². The maximum absolute atomic E-state index is 5.87. The quantitative estimate of drug-likeness (QED) is 0.741. The number of nitrogens with two attached hydrogens (primary N) is 1. The minimum Gasteiger partial charge on any atom is -0.327 e. The van der Waals surface area contributed by atoms with Crippen LogP contribution in [-0.4, -0.2) is 11.0 Å². The molecule has 0 fully saturated rings. The summed E-state index contributed by atoms with van der Waals surface area (Å²) in [6.07, 6.45) is 6.30. The maximum atomic E-state index is 5.87. The Balaban J connectivity index is 2.24. The van der Waals surface area contributed by atoms with E-state index < -0.39 is 0 Å². The van der Waals surface area contributed by atoms with Crippen LogP contribution in [0.5, 0.6) is 0 Å². The topological polar surface area (TPSA) is 38.9 Å². The number of nitrogens with zero attached hydrogens (tertiary/aromatic N) is 1. The fourth-order valence-corrected chi connectivity index (χ4v) is 1.98. The summed E-state index contributed by atoms with van der Waals surface area (Å²) in [6.45, 7) is 2.19. The third kappa shape index (κ3) is 1.73. The molecule has 0 amide bonds. The zero-order valence-electron chi connectivity index (χ0n) is 8.09. The Kier molecular flexibility index (Phi) is 2.32. The van der Waals surface area contributed by atoms with Crippen molar-refractivity contribution in [3.8, 4) is 0 Å². The van der Waals surface area contributed by atoms with E-state index in [1.54, 1.807) is 0 Å². The highest BCUT2D eigenvalue weighted by atomic mass is 14.7. The molecule has 1 aromatic rings. The summed E-state index contributed by atoms with van der Waals surface area (Å²) in [5.74, 6) is 0. The van der Waals surface area contributed by atoms with Gasteiger partial charge in [-0.1, -0.05) is 19.4 Å². The van der Waals surface area contributed by atoms with E-state index in [2.05, 4.69) is 18.0 Å². The van der Waals surface area contributed by atoms with Crippen molar-refractivity contribution >= 4 is 0 Å². The molecule has 70 valence electrons. The first kappa shape index (κ1) is 8.70. The summed E-state index contributed by atoms with van der Waals surface area (Å²) < 4.78 is 0. The molecule has 0 bridgehead atoms. The Labute approximate surface area is 79.2 Å². The van der Waals surface area contributed by atoms with Crippen molar-refractivity contribution in [3.63, 3.8) is 0 Å². The molecule has 0 aliphatic heterocycles. The van der Waals surface area contributed by atoms with Crippen molar-refractivity contribution in [2.45, 2.75) is 38.6 Å². The average molecular weight is 176 g/mol. The number of aryl methyl sites for hydroxylation is 1. The third-order valence-electron chi connectivity index (χ3n) is 2.59. The molecule has 2 heteroatoms. The summed E-state index contributed by atoms with van der Waals surface area (Å²) in [5.41, 5.74) is 9.81. The summed E-state index contributed by atoms with van der Waals surface area (Å²) in [4.78, 5) is 4.45. The monoisotopic (exact) mass is 176 g/mol. The number of fused-ring (bicyclic) bond motifs is 1. The van der Waals surface area contributed by atoms with Gasteiger partial charge in [0.1, 0.15) is 0 Å². The van der Waals surface area contributed by atoms with Crippen molar-refractivity contribution < 1.29 is 0 Å². The molecular formula is C11H16N2. The molecule has 2 N–H and O–H groups in total. The lowest BCUT2D eigenvalue weighted by molar-refractivity contribution is 0.716. The molecule has 13 heavy (non-hydrogen) atoms. The van der Waals surface area contributed by atoms with Crippen LogP contribution in [0, 0.1) is 0 Å². The standard InChI is InChI=1S/C11H16N2/c1-2-3-8-4-9-5-10(12)6-11(9)13-7-8/h4,7,10H,2-3,5-6,12H2,1H3. The Morgan fingerprint density at radius 1 is 1.54 bits per heavy atom. The molecule has 1 aromatic heterocycles. The number of rotatable bonds is 2. The first-order chi connectivity index (χ1) is 6.29. The normalized spacial score (nSPS) is 20.3. The Morgan fingerprint density at radius 3 is 3.15 bits per heavy atom. The minimum atomic E-state index is 0.305. The van der Waals surface area contributed by atoms with Crippen LogP contribution in [0.2, 0.25) is 0 Å². The summed E-state index contributed by atoms with van der Waals surface area (Å²) >= 11 is 0.